The number of aryl methyl sites for hydroxylation is 2. The van der Waals surface area contributed by atoms with Crippen molar-refractivity contribution in [2.24, 2.45) is 22.6 Å². The van der Waals surface area contributed by atoms with E-state index in [1.54, 1.807) is 0 Å². The molecular formula is C18H31IN4. The second kappa shape index (κ2) is 9.47. The Morgan fingerprint density at radius 2 is 1.96 bits per heavy atom. The van der Waals surface area contributed by atoms with Gasteiger partial charge in [0.1, 0.15) is 0 Å². The number of aliphatic imine (C=N–C) groups is 1. The van der Waals surface area contributed by atoms with Gasteiger partial charge >= 0.3 is 0 Å². The van der Waals surface area contributed by atoms with Gasteiger partial charge in [-0.3, -0.25) is 4.99 Å². The molecule has 4 nitrogen and oxygen atoms in total. The normalized spacial score (nSPS) is 19.0. The SMILES string of the molecule is Cc1cc(C)cc(NC(N)=NCC2CCN(CC(C)C)C2)c1.I. The molecule has 23 heavy (non-hydrogen) atoms. The van der Waals surface area contributed by atoms with Crippen LogP contribution in [-0.4, -0.2) is 37.0 Å². The first-order valence-electron chi connectivity index (χ1n) is 8.30. The Balaban J connectivity index is 0.00000264. The van der Waals surface area contributed by atoms with Gasteiger partial charge in [-0.1, -0.05) is 19.9 Å². The highest BCUT2D eigenvalue weighted by molar-refractivity contribution is 14.0. The van der Waals surface area contributed by atoms with Gasteiger partial charge in [-0.15, -0.1) is 24.0 Å². The number of hydrogen-bond acceptors (Lipinski definition) is 2. The minimum absolute atomic E-state index is 0. The van der Waals surface area contributed by atoms with Gasteiger partial charge < -0.3 is 16.0 Å². The number of anilines is 1. The fourth-order valence-electron chi connectivity index (χ4n) is 3.21. The summed E-state index contributed by atoms with van der Waals surface area (Å²) in [5.74, 6) is 1.89. The first-order valence-corrected chi connectivity index (χ1v) is 8.30. The molecule has 1 unspecified atom stereocenters. The molecule has 0 radical (unpaired) electrons. The molecule has 1 aliphatic heterocycles. The highest BCUT2D eigenvalue weighted by atomic mass is 127. The zero-order valence-electron chi connectivity index (χ0n) is 14.8. The van der Waals surface area contributed by atoms with Crippen molar-refractivity contribution in [3.63, 3.8) is 0 Å². The molecular weight excluding hydrogens is 399 g/mol. The number of benzene rings is 1. The standard InChI is InChI=1S/C18H30N4.HI/c1-13(2)11-22-6-5-16(12-22)10-20-18(19)21-17-8-14(3)7-15(4)9-17;/h7-9,13,16H,5-6,10-12H2,1-4H3,(H3,19,20,21);1H. The summed E-state index contributed by atoms with van der Waals surface area (Å²) in [5.41, 5.74) is 9.51. The number of nitrogens with two attached hydrogens (primary N) is 1. The third kappa shape index (κ3) is 7.08. The van der Waals surface area contributed by atoms with Gasteiger partial charge in [0, 0.05) is 25.3 Å². The molecule has 0 bridgehead atoms. The van der Waals surface area contributed by atoms with Gasteiger partial charge in [0.15, 0.2) is 5.96 Å². The highest BCUT2D eigenvalue weighted by Gasteiger charge is 2.22. The minimum Gasteiger partial charge on any atom is -0.370 e. The van der Waals surface area contributed by atoms with Crippen molar-refractivity contribution < 1.29 is 0 Å². The van der Waals surface area contributed by atoms with Crippen LogP contribution in [0.5, 0.6) is 0 Å². The predicted octanol–water partition coefficient (Wildman–Crippen LogP) is 3.63. The fourth-order valence-corrected chi connectivity index (χ4v) is 3.21. The smallest absolute Gasteiger partial charge is 0.193 e. The molecule has 1 aliphatic rings. The van der Waals surface area contributed by atoms with Crippen LogP contribution in [0.3, 0.4) is 0 Å². The van der Waals surface area contributed by atoms with E-state index in [0.29, 0.717) is 11.9 Å². The lowest BCUT2D eigenvalue weighted by molar-refractivity contribution is 0.288. The van der Waals surface area contributed by atoms with Crippen LogP contribution in [0.1, 0.15) is 31.4 Å². The molecule has 1 atom stereocenters. The second-order valence-electron chi connectivity index (χ2n) is 7.04. The molecule has 1 aromatic carbocycles. The predicted molar refractivity (Wildman–Crippen MR) is 111 cm³/mol. The van der Waals surface area contributed by atoms with E-state index in [4.69, 9.17) is 5.73 Å². The molecule has 1 fully saturated rings. The second-order valence-corrected chi connectivity index (χ2v) is 7.04. The number of hydrogen-bond donors (Lipinski definition) is 2. The summed E-state index contributed by atoms with van der Waals surface area (Å²) in [5, 5.41) is 3.21. The third-order valence-electron chi connectivity index (χ3n) is 4.01. The van der Waals surface area contributed by atoms with E-state index in [-0.39, 0.29) is 24.0 Å². The first-order chi connectivity index (χ1) is 10.4. The summed E-state index contributed by atoms with van der Waals surface area (Å²) in [6, 6.07) is 6.34. The van der Waals surface area contributed by atoms with Gasteiger partial charge in [-0.25, -0.2) is 0 Å². The van der Waals surface area contributed by atoms with Crippen molar-refractivity contribution in [1.29, 1.82) is 0 Å². The van der Waals surface area contributed by atoms with Crippen molar-refractivity contribution in [2.75, 3.05) is 31.5 Å². The average Bonchev–Trinajstić information content (AvgIpc) is 2.82. The van der Waals surface area contributed by atoms with E-state index in [9.17, 15) is 0 Å². The van der Waals surface area contributed by atoms with Crippen LogP contribution >= 0.6 is 24.0 Å². The Labute approximate surface area is 157 Å². The van der Waals surface area contributed by atoms with Crippen LogP contribution in [-0.2, 0) is 0 Å². The molecule has 5 heteroatoms. The van der Waals surface area contributed by atoms with Crippen molar-refractivity contribution in [1.82, 2.24) is 4.90 Å². The third-order valence-corrected chi connectivity index (χ3v) is 4.01. The van der Waals surface area contributed by atoms with Crippen LogP contribution in [0.2, 0.25) is 0 Å². The maximum Gasteiger partial charge on any atom is 0.193 e. The Morgan fingerprint density at radius 1 is 1.30 bits per heavy atom. The fraction of sp³-hybridized carbons (Fsp3) is 0.611. The largest absolute Gasteiger partial charge is 0.370 e. The Kier molecular flexibility index (Phi) is 8.33. The van der Waals surface area contributed by atoms with Crippen LogP contribution in [0.4, 0.5) is 5.69 Å². The Morgan fingerprint density at radius 3 is 2.57 bits per heavy atom. The van der Waals surface area contributed by atoms with E-state index < -0.39 is 0 Å². The number of rotatable bonds is 5. The number of guanidine groups is 1. The molecule has 1 aromatic rings. The lowest BCUT2D eigenvalue weighted by Crippen LogP contribution is -2.27. The molecule has 0 saturated carbocycles. The molecule has 130 valence electrons. The zero-order chi connectivity index (χ0) is 16.1. The Bertz CT molecular complexity index is 508. The lowest BCUT2D eigenvalue weighted by atomic mass is 10.1. The minimum atomic E-state index is 0. The van der Waals surface area contributed by atoms with Gasteiger partial charge in [0.25, 0.3) is 0 Å². The quantitative estimate of drug-likeness (QED) is 0.426. The van der Waals surface area contributed by atoms with Crippen LogP contribution < -0.4 is 11.1 Å². The summed E-state index contributed by atoms with van der Waals surface area (Å²) in [7, 11) is 0. The maximum absolute atomic E-state index is 6.02. The highest BCUT2D eigenvalue weighted by Crippen LogP contribution is 2.18. The van der Waals surface area contributed by atoms with Crippen LogP contribution in [0.25, 0.3) is 0 Å². The summed E-state index contributed by atoms with van der Waals surface area (Å²) in [6.07, 6.45) is 1.23. The van der Waals surface area contributed by atoms with Crippen molar-refractivity contribution in [3.05, 3.63) is 29.3 Å². The van der Waals surface area contributed by atoms with Crippen molar-refractivity contribution >= 4 is 35.6 Å². The monoisotopic (exact) mass is 430 g/mol. The molecule has 0 amide bonds. The molecule has 1 heterocycles. The lowest BCUT2D eigenvalue weighted by Gasteiger charge is -2.17. The summed E-state index contributed by atoms with van der Waals surface area (Å²) >= 11 is 0. The first kappa shape index (κ1) is 20.2. The topological polar surface area (TPSA) is 53.6 Å². The molecule has 0 aromatic heterocycles. The summed E-state index contributed by atoms with van der Waals surface area (Å²) in [4.78, 5) is 7.07. The maximum atomic E-state index is 6.02. The average molecular weight is 430 g/mol. The molecule has 0 aliphatic carbocycles. The van der Waals surface area contributed by atoms with Crippen molar-refractivity contribution in [3.8, 4) is 0 Å². The van der Waals surface area contributed by atoms with Gasteiger partial charge in [0.2, 0.25) is 0 Å². The summed E-state index contributed by atoms with van der Waals surface area (Å²) < 4.78 is 0. The van der Waals surface area contributed by atoms with E-state index >= 15 is 0 Å². The number of nitrogens with zero attached hydrogens (tertiary/aromatic N) is 2. The Hall–Kier alpha value is -0.820. The molecule has 2 rings (SSSR count). The zero-order valence-corrected chi connectivity index (χ0v) is 17.1. The van der Waals surface area contributed by atoms with Crippen LogP contribution in [0.15, 0.2) is 23.2 Å². The number of likely N-dealkylation sites (tertiary alicyclic amines) is 1. The molecule has 1 saturated heterocycles. The summed E-state index contributed by atoms with van der Waals surface area (Å²) in [6.45, 7) is 13.1. The molecule has 3 N–H and O–H groups in total. The van der Waals surface area contributed by atoms with Gasteiger partial charge in [-0.05, 0) is 61.9 Å². The van der Waals surface area contributed by atoms with E-state index in [2.05, 4.69) is 61.1 Å². The molecule has 0 spiro atoms. The van der Waals surface area contributed by atoms with Gasteiger partial charge in [0.05, 0.1) is 0 Å². The number of halogens is 1. The number of nitrogens with one attached hydrogen (secondary N) is 1. The van der Waals surface area contributed by atoms with Crippen LogP contribution in [0, 0.1) is 25.7 Å². The van der Waals surface area contributed by atoms with E-state index in [0.717, 1.165) is 24.7 Å². The van der Waals surface area contributed by atoms with Gasteiger partial charge in [-0.2, -0.15) is 0 Å². The van der Waals surface area contributed by atoms with E-state index in [1.165, 1.54) is 30.6 Å². The van der Waals surface area contributed by atoms with E-state index in [1.807, 2.05) is 0 Å². The van der Waals surface area contributed by atoms with Crippen molar-refractivity contribution in [2.45, 2.75) is 34.1 Å².